The highest BCUT2D eigenvalue weighted by molar-refractivity contribution is 6.29. The molecule has 0 N–H and O–H groups in total. The topological polar surface area (TPSA) is 96.7 Å². The first-order chi connectivity index (χ1) is 10.4. The Morgan fingerprint density at radius 3 is 2.77 bits per heavy atom. The van der Waals surface area contributed by atoms with Crippen molar-refractivity contribution in [2.75, 3.05) is 6.61 Å². The molecule has 1 aliphatic heterocycles. The Bertz CT molecular complexity index is 631. The zero-order chi connectivity index (χ0) is 16.3. The molecule has 0 amide bonds. The van der Waals surface area contributed by atoms with Gasteiger partial charge in [0.05, 0.1) is 0 Å². The van der Waals surface area contributed by atoms with Gasteiger partial charge in [0.25, 0.3) is 0 Å². The Morgan fingerprint density at radius 1 is 1.45 bits per heavy atom. The van der Waals surface area contributed by atoms with Crippen molar-refractivity contribution in [3.8, 4) is 0 Å². The monoisotopic (exact) mass is 330 g/mol. The van der Waals surface area contributed by atoms with Crippen LogP contribution in [0.2, 0.25) is 5.15 Å². The molecule has 0 spiro atoms. The van der Waals surface area contributed by atoms with E-state index in [1.54, 1.807) is 0 Å². The summed E-state index contributed by atoms with van der Waals surface area (Å²) in [4.78, 5) is 37.5. The van der Waals surface area contributed by atoms with E-state index < -0.39 is 36.1 Å². The third-order valence-corrected chi connectivity index (χ3v) is 3.27. The minimum Gasteiger partial charge on any atom is -0.463 e. The van der Waals surface area contributed by atoms with Gasteiger partial charge in [0.1, 0.15) is 30.2 Å². The maximum Gasteiger partial charge on any atom is 0.351 e. The third-order valence-electron chi connectivity index (χ3n) is 3.05. The van der Waals surface area contributed by atoms with Crippen LogP contribution < -0.4 is 5.69 Å². The highest BCUT2D eigenvalue weighted by Crippen LogP contribution is 2.30. The van der Waals surface area contributed by atoms with Gasteiger partial charge in [-0.3, -0.25) is 14.2 Å². The predicted molar refractivity (Wildman–Crippen MR) is 74.2 cm³/mol. The molecule has 0 bridgehead atoms. The lowest BCUT2D eigenvalue weighted by molar-refractivity contribution is -0.155. The second-order valence-corrected chi connectivity index (χ2v) is 5.14. The SMILES string of the molecule is CC(=O)OC[C@H]1O[C@@H](n2ccc(Cl)nc2=O)C[C@@H]1OC(C)=O. The smallest absolute Gasteiger partial charge is 0.351 e. The van der Waals surface area contributed by atoms with Crippen LogP contribution in [0.5, 0.6) is 0 Å². The van der Waals surface area contributed by atoms with Crippen LogP contribution in [0.3, 0.4) is 0 Å². The summed E-state index contributed by atoms with van der Waals surface area (Å²) >= 11 is 5.64. The Hall–Kier alpha value is -1.93. The average Bonchev–Trinajstić information content (AvgIpc) is 2.78. The fourth-order valence-corrected chi connectivity index (χ4v) is 2.30. The zero-order valence-electron chi connectivity index (χ0n) is 12.0. The molecule has 1 fully saturated rings. The summed E-state index contributed by atoms with van der Waals surface area (Å²) < 4.78 is 16.9. The normalized spacial score (nSPS) is 24.0. The quantitative estimate of drug-likeness (QED) is 0.591. The van der Waals surface area contributed by atoms with E-state index in [0.717, 1.165) is 0 Å². The molecule has 2 rings (SSSR count). The summed E-state index contributed by atoms with van der Waals surface area (Å²) in [5, 5.41) is 0.0762. The standard InChI is InChI=1S/C13H15ClN2O6/c1-7(17)20-6-10-9(21-8(2)18)5-12(22-10)16-4-3-11(14)15-13(16)19/h3-4,9-10,12H,5-6H2,1-2H3/t9-,10+,12+/m0/s1. The molecule has 2 heterocycles. The van der Waals surface area contributed by atoms with Crippen LogP contribution in [0, 0.1) is 0 Å². The van der Waals surface area contributed by atoms with E-state index in [2.05, 4.69) is 4.98 Å². The van der Waals surface area contributed by atoms with E-state index in [0.29, 0.717) is 0 Å². The summed E-state index contributed by atoms with van der Waals surface area (Å²) in [5.41, 5.74) is -0.577. The number of aromatic nitrogens is 2. The second kappa shape index (κ2) is 6.89. The number of esters is 2. The molecular weight excluding hydrogens is 316 g/mol. The first-order valence-corrected chi connectivity index (χ1v) is 6.95. The first kappa shape index (κ1) is 16.4. The van der Waals surface area contributed by atoms with Gasteiger partial charge < -0.3 is 14.2 Å². The van der Waals surface area contributed by atoms with Crippen molar-refractivity contribution in [2.24, 2.45) is 0 Å². The number of rotatable bonds is 4. The van der Waals surface area contributed by atoms with E-state index in [1.165, 1.54) is 30.7 Å². The maximum absolute atomic E-state index is 11.8. The molecule has 0 radical (unpaired) electrons. The molecule has 1 aromatic rings. The Morgan fingerprint density at radius 2 is 2.18 bits per heavy atom. The molecule has 120 valence electrons. The lowest BCUT2D eigenvalue weighted by Gasteiger charge is -2.17. The minimum atomic E-state index is -0.679. The molecule has 0 saturated carbocycles. The number of carbonyl (C=O) groups is 2. The van der Waals surface area contributed by atoms with Crippen molar-refractivity contribution in [1.82, 2.24) is 9.55 Å². The van der Waals surface area contributed by atoms with Gasteiger partial charge in [-0.15, -0.1) is 0 Å². The lowest BCUT2D eigenvalue weighted by atomic mass is 10.2. The maximum atomic E-state index is 11.8. The number of hydrogen-bond donors (Lipinski definition) is 0. The number of carbonyl (C=O) groups excluding carboxylic acids is 2. The summed E-state index contributed by atoms with van der Waals surface area (Å²) in [7, 11) is 0. The van der Waals surface area contributed by atoms with E-state index in [4.69, 9.17) is 25.8 Å². The van der Waals surface area contributed by atoms with Gasteiger partial charge in [-0.05, 0) is 6.07 Å². The second-order valence-electron chi connectivity index (χ2n) is 4.76. The largest absolute Gasteiger partial charge is 0.463 e. The van der Waals surface area contributed by atoms with Gasteiger partial charge in [-0.1, -0.05) is 11.6 Å². The molecule has 1 aliphatic rings. The first-order valence-electron chi connectivity index (χ1n) is 6.57. The number of ether oxygens (including phenoxy) is 3. The molecule has 0 aliphatic carbocycles. The van der Waals surface area contributed by atoms with Crippen molar-refractivity contribution >= 4 is 23.5 Å². The van der Waals surface area contributed by atoms with Crippen molar-refractivity contribution in [3.05, 3.63) is 27.9 Å². The third kappa shape index (κ3) is 4.05. The minimum absolute atomic E-state index is 0.0699. The van der Waals surface area contributed by atoms with Crippen LogP contribution in [-0.4, -0.2) is 40.3 Å². The molecule has 8 nitrogen and oxygen atoms in total. The summed E-state index contributed by atoms with van der Waals surface area (Å²) in [6.07, 6.45) is -0.261. The molecular formula is C13H15ClN2O6. The molecule has 1 aromatic heterocycles. The van der Waals surface area contributed by atoms with Gasteiger partial charge in [0.15, 0.2) is 0 Å². The van der Waals surface area contributed by atoms with Crippen molar-refractivity contribution in [2.45, 2.75) is 38.7 Å². The Labute approximate surface area is 130 Å². The highest BCUT2D eigenvalue weighted by Gasteiger charge is 2.39. The lowest BCUT2D eigenvalue weighted by Crippen LogP contribution is -2.31. The number of nitrogens with zero attached hydrogens (tertiary/aromatic N) is 2. The Balaban J connectivity index is 2.15. The summed E-state index contributed by atoms with van der Waals surface area (Å²) in [6, 6.07) is 1.45. The number of hydrogen-bond acceptors (Lipinski definition) is 7. The highest BCUT2D eigenvalue weighted by atomic mass is 35.5. The van der Waals surface area contributed by atoms with Gasteiger partial charge in [-0.25, -0.2) is 4.79 Å². The van der Waals surface area contributed by atoms with Crippen molar-refractivity contribution in [3.63, 3.8) is 0 Å². The average molecular weight is 331 g/mol. The van der Waals surface area contributed by atoms with E-state index in [1.807, 2.05) is 0 Å². The van der Waals surface area contributed by atoms with Gasteiger partial charge in [0, 0.05) is 26.5 Å². The van der Waals surface area contributed by atoms with Crippen LogP contribution in [0.4, 0.5) is 0 Å². The van der Waals surface area contributed by atoms with Crippen LogP contribution in [0.1, 0.15) is 26.5 Å². The van der Waals surface area contributed by atoms with Crippen LogP contribution in [0.25, 0.3) is 0 Å². The van der Waals surface area contributed by atoms with Gasteiger partial charge in [0.2, 0.25) is 0 Å². The molecule has 0 unspecified atom stereocenters. The van der Waals surface area contributed by atoms with Gasteiger partial charge >= 0.3 is 17.6 Å². The molecule has 0 aromatic carbocycles. The Kier molecular flexibility index (Phi) is 5.15. The van der Waals surface area contributed by atoms with Crippen LogP contribution >= 0.6 is 11.6 Å². The molecule has 9 heteroatoms. The fraction of sp³-hybridized carbons (Fsp3) is 0.538. The number of halogens is 1. The molecule has 22 heavy (non-hydrogen) atoms. The van der Waals surface area contributed by atoms with E-state index >= 15 is 0 Å². The summed E-state index contributed by atoms with van der Waals surface area (Å²) in [5.74, 6) is -0.956. The van der Waals surface area contributed by atoms with Crippen molar-refractivity contribution in [1.29, 1.82) is 0 Å². The van der Waals surface area contributed by atoms with Crippen molar-refractivity contribution < 1.29 is 23.8 Å². The zero-order valence-corrected chi connectivity index (χ0v) is 12.8. The predicted octanol–water partition coefficient (Wildman–Crippen LogP) is 0.679. The van der Waals surface area contributed by atoms with E-state index in [9.17, 15) is 14.4 Å². The fourth-order valence-electron chi connectivity index (χ4n) is 2.17. The van der Waals surface area contributed by atoms with Crippen LogP contribution in [-0.2, 0) is 23.8 Å². The molecule has 3 atom stereocenters. The summed E-state index contributed by atoms with van der Waals surface area (Å²) in [6.45, 7) is 2.46. The van der Waals surface area contributed by atoms with Gasteiger partial charge in [-0.2, -0.15) is 4.98 Å². The van der Waals surface area contributed by atoms with Crippen LogP contribution in [0.15, 0.2) is 17.1 Å². The van der Waals surface area contributed by atoms with E-state index in [-0.39, 0.29) is 18.2 Å². The molecule has 1 saturated heterocycles.